The number of nitrogens with zero attached hydrogens (tertiary/aromatic N) is 2. The maximum absolute atomic E-state index is 14.7. The fourth-order valence-electron chi connectivity index (χ4n) is 3.06. The van der Waals surface area contributed by atoms with Crippen molar-refractivity contribution in [1.82, 2.24) is 4.90 Å². The number of hydrogen-bond acceptors (Lipinski definition) is 4. The summed E-state index contributed by atoms with van der Waals surface area (Å²) in [6.45, 7) is 3.32. The summed E-state index contributed by atoms with van der Waals surface area (Å²) in [5.74, 6) is 0.911. The first-order chi connectivity index (χ1) is 13.5. The Bertz CT molecular complexity index is 851. The van der Waals surface area contributed by atoms with Crippen LogP contribution in [-0.2, 0) is 11.3 Å². The summed E-state index contributed by atoms with van der Waals surface area (Å²) in [7, 11) is 1.33. The number of anilines is 1. The molecule has 0 aromatic heterocycles. The van der Waals surface area contributed by atoms with Crippen molar-refractivity contribution in [3.63, 3.8) is 0 Å². The first-order valence-electron chi connectivity index (χ1n) is 9.07. The van der Waals surface area contributed by atoms with E-state index in [1.54, 1.807) is 41.3 Å². The van der Waals surface area contributed by atoms with E-state index < -0.39 is 11.8 Å². The van der Waals surface area contributed by atoms with Crippen LogP contribution in [0.4, 0.5) is 14.9 Å². The summed E-state index contributed by atoms with van der Waals surface area (Å²) in [5, 5.41) is 0. The van der Waals surface area contributed by atoms with Crippen LogP contribution in [0.25, 0.3) is 0 Å². The molecular formula is C21H23FN2O3S. The molecule has 7 heteroatoms. The smallest absolute Gasteiger partial charge is 0.337 e. The van der Waals surface area contributed by atoms with Gasteiger partial charge in [-0.1, -0.05) is 18.2 Å². The van der Waals surface area contributed by atoms with Crippen molar-refractivity contribution >= 4 is 29.4 Å². The number of carbonyl (C=O) groups excluding carboxylic acids is 2. The number of benzene rings is 2. The van der Waals surface area contributed by atoms with Crippen LogP contribution in [0.5, 0.6) is 0 Å². The van der Waals surface area contributed by atoms with E-state index in [0.29, 0.717) is 18.7 Å². The van der Waals surface area contributed by atoms with Gasteiger partial charge in [-0.3, -0.25) is 4.90 Å². The molecule has 0 unspecified atom stereocenters. The van der Waals surface area contributed by atoms with Crippen LogP contribution in [0.1, 0.15) is 21.5 Å². The zero-order valence-electron chi connectivity index (χ0n) is 16.0. The summed E-state index contributed by atoms with van der Waals surface area (Å²) in [6, 6.07) is 11.5. The van der Waals surface area contributed by atoms with Gasteiger partial charge in [-0.05, 0) is 42.3 Å². The minimum absolute atomic E-state index is 0.208. The zero-order valence-corrected chi connectivity index (χ0v) is 16.8. The Morgan fingerprint density at radius 3 is 2.43 bits per heavy atom. The molecule has 0 atom stereocenters. The summed E-state index contributed by atoms with van der Waals surface area (Å²) in [6.07, 6.45) is 0. The molecule has 0 spiro atoms. The van der Waals surface area contributed by atoms with Gasteiger partial charge in [-0.25, -0.2) is 14.0 Å². The third-order valence-corrected chi connectivity index (χ3v) is 5.56. The lowest BCUT2D eigenvalue weighted by Gasteiger charge is -2.33. The summed E-state index contributed by atoms with van der Waals surface area (Å²) in [5.41, 5.74) is 2.28. The lowest BCUT2D eigenvalue weighted by molar-refractivity contribution is 0.0600. The second kappa shape index (κ2) is 9.10. The van der Waals surface area contributed by atoms with Crippen LogP contribution in [0, 0.1) is 12.7 Å². The van der Waals surface area contributed by atoms with E-state index >= 15 is 0 Å². The molecule has 1 aliphatic rings. The maximum atomic E-state index is 14.7. The highest BCUT2D eigenvalue weighted by molar-refractivity contribution is 7.99. The number of methoxy groups -OCH3 is 1. The van der Waals surface area contributed by atoms with E-state index in [4.69, 9.17) is 4.74 Å². The van der Waals surface area contributed by atoms with Crippen LogP contribution < -0.4 is 4.90 Å². The quantitative estimate of drug-likeness (QED) is 0.723. The van der Waals surface area contributed by atoms with Crippen molar-refractivity contribution in [3.05, 3.63) is 65.0 Å². The molecule has 0 saturated carbocycles. The molecule has 0 aliphatic carbocycles. The third kappa shape index (κ3) is 4.65. The van der Waals surface area contributed by atoms with Crippen LogP contribution in [-0.4, -0.2) is 48.6 Å². The molecule has 1 aliphatic heterocycles. The molecular weight excluding hydrogens is 379 g/mol. The number of urea groups is 1. The first kappa shape index (κ1) is 20.2. The number of esters is 1. The summed E-state index contributed by atoms with van der Waals surface area (Å²) >= 11 is 1.81. The van der Waals surface area contributed by atoms with Gasteiger partial charge < -0.3 is 9.64 Å². The normalized spacial score (nSPS) is 13.9. The van der Waals surface area contributed by atoms with Gasteiger partial charge in [0.05, 0.1) is 24.9 Å². The molecule has 2 aromatic carbocycles. The van der Waals surface area contributed by atoms with Crippen LogP contribution in [0.15, 0.2) is 42.5 Å². The van der Waals surface area contributed by atoms with Gasteiger partial charge in [-0.2, -0.15) is 11.8 Å². The lowest BCUT2D eigenvalue weighted by atomic mass is 10.1. The van der Waals surface area contributed by atoms with E-state index in [0.717, 1.165) is 22.6 Å². The first-order valence-corrected chi connectivity index (χ1v) is 10.2. The molecule has 1 fully saturated rings. The Morgan fingerprint density at radius 1 is 1.14 bits per heavy atom. The molecule has 0 bridgehead atoms. The Balaban J connectivity index is 1.89. The van der Waals surface area contributed by atoms with Gasteiger partial charge in [0.25, 0.3) is 0 Å². The molecule has 3 rings (SSSR count). The second-order valence-corrected chi connectivity index (χ2v) is 7.84. The lowest BCUT2D eigenvalue weighted by Crippen LogP contribution is -2.46. The van der Waals surface area contributed by atoms with Crippen LogP contribution in [0.3, 0.4) is 0 Å². The fourth-order valence-corrected chi connectivity index (χ4v) is 3.96. The largest absolute Gasteiger partial charge is 0.465 e. The van der Waals surface area contributed by atoms with E-state index in [1.165, 1.54) is 18.1 Å². The number of halogens is 1. The Labute approximate surface area is 168 Å². The molecule has 5 nitrogen and oxygen atoms in total. The predicted octanol–water partition coefficient (Wildman–Crippen LogP) is 4.10. The minimum atomic E-state index is -0.425. The van der Waals surface area contributed by atoms with Gasteiger partial charge >= 0.3 is 12.0 Å². The third-order valence-electron chi connectivity index (χ3n) is 4.62. The average molecular weight is 402 g/mol. The summed E-state index contributed by atoms with van der Waals surface area (Å²) < 4.78 is 19.4. The SMILES string of the molecule is COC(=O)c1ccc(CN(C(=O)N2CCSCC2)c2ccc(C)cc2F)cc1. The molecule has 1 saturated heterocycles. The number of carbonyl (C=O) groups is 2. The van der Waals surface area contributed by atoms with Crippen molar-refractivity contribution in [2.24, 2.45) is 0 Å². The maximum Gasteiger partial charge on any atom is 0.337 e. The highest BCUT2D eigenvalue weighted by Gasteiger charge is 2.26. The predicted molar refractivity (Wildman–Crippen MR) is 109 cm³/mol. The number of aryl methyl sites for hydroxylation is 1. The van der Waals surface area contributed by atoms with Crippen molar-refractivity contribution < 1.29 is 18.7 Å². The minimum Gasteiger partial charge on any atom is -0.465 e. The highest BCUT2D eigenvalue weighted by atomic mass is 32.2. The monoisotopic (exact) mass is 402 g/mol. The number of amides is 2. The molecule has 1 heterocycles. The van der Waals surface area contributed by atoms with Gasteiger partial charge in [0.2, 0.25) is 0 Å². The van der Waals surface area contributed by atoms with Gasteiger partial charge in [0.1, 0.15) is 5.82 Å². The Kier molecular flexibility index (Phi) is 6.57. The average Bonchev–Trinajstić information content (AvgIpc) is 2.72. The van der Waals surface area contributed by atoms with Gasteiger partial charge in [0, 0.05) is 24.6 Å². The van der Waals surface area contributed by atoms with Gasteiger partial charge in [-0.15, -0.1) is 0 Å². The molecule has 0 N–H and O–H groups in total. The molecule has 0 radical (unpaired) electrons. The number of ether oxygens (including phenoxy) is 1. The van der Waals surface area contributed by atoms with E-state index in [2.05, 4.69) is 0 Å². The van der Waals surface area contributed by atoms with Gasteiger partial charge in [0.15, 0.2) is 0 Å². The van der Waals surface area contributed by atoms with Crippen molar-refractivity contribution in [2.75, 3.05) is 36.6 Å². The Hall–Kier alpha value is -2.54. The number of rotatable bonds is 4. The highest BCUT2D eigenvalue weighted by Crippen LogP contribution is 2.25. The van der Waals surface area contributed by atoms with Crippen molar-refractivity contribution in [1.29, 1.82) is 0 Å². The molecule has 2 aromatic rings. The molecule has 148 valence electrons. The van der Waals surface area contributed by atoms with E-state index in [1.807, 2.05) is 18.7 Å². The fraction of sp³-hybridized carbons (Fsp3) is 0.333. The zero-order chi connectivity index (χ0) is 20.1. The molecule has 2 amide bonds. The number of hydrogen-bond donors (Lipinski definition) is 0. The number of thioether (sulfide) groups is 1. The van der Waals surface area contributed by atoms with Crippen LogP contribution >= 0.6 is 11.8 Å². The van der Waals surface area contributed by atoms with Crippen molar-refractivity contribution in [2.45, 2.75) is 13.5 Å². The standard InChI is InChI=1S/C21H23FN2O3S/c1-15-3-8-19(18(22)13-15)24(21(26)23-9-11-28-12-10-23)14-16-4-6-17(7-5-16)20(25)27-2/h3-8,13H,9-12,14H2,1-2H3. The van der Waals surface area contributed by atoms with E-state index in [9.17, 15) is 14.0 Å². The Morgan fingerprint density at radius 2 is 1.82 bits per heavy atom. The van der Waals surface area contributed by atoms with E-state index in [-0.39, 0.29) is 18.3 Å². The second-order valence-electron chi connectivity index (χ2n) is 6.61. The van der Waals surface area contributed by atoms with Crippen molar-refractivity contribution in [3.8, 4) is 0 Å². The van der Waals surface area contributed by atoms with Crippen LogP contribution in [0.2, 0.25) is 0 Å². The molecule has 28 heavy (non-hydrogen) atoms. The topological polar surface area (TPSA) is 49.9 Å². The summed E-state index contributed by atoms with van der Waals surface area (Å²) in [4.78, 5) is 28.0.